The van der Waals surface area contributed by atoms with E-state index in [0.29, 0.717) is 85.6 Å². The number of rotatable bonds is 2. The van der Waals surface area contributed by atoms with Gasteiger partial charge < -0.3 is 32.8 Å². The molecule has 8 heteroatoms. The monoisotopic (exact) mass is 442 g/mol. The van der Waals surface area contributed by atoms with Crippen LogP contribution in [0, 0.1) is 0 Å². The number of benzene rings is 2. The summed E-state index contributed by atoms with van der Waals surface area (Å²) in [6, 6.07) is 12.7. The van der Waals surface area contributed by atoms with E-state index in [4.69, 9.17) is 32.8 Å². The third kappa shape index (κ3) is 5.21. The van der Waals surface area contributed by atoms with Crippen LogP contribution in [-0.4, -0.2) is 60.0 Å². The van der Waals surface area contributed by atoms with Crippen molar-refractivity contribution in [3.05, 3.63) is 52.9 Å². The van der Waals surface area contributed by atoms with E-state index in [1.165, 1.54) is 0 Å². The zero-order valence-corrected chi connectivity index (χ0v) is 18.0. The van der Waals surface area contributed by atoms with Crippen LogP contribution in [0.25, 0.3) is 22.1 Å². The van der Waals surface area contributed by atoms with Crippen molar-refractivity contribution in [2.75, 3.05) is 60.0 Å². The van der Waals surface area contributed by atoms with Crippen molar-refractivity contribution in [3.8, 4) is 28.4 Å². The molecule has 0 saturated heterocycles. The van der Waals surface area contributed by atoms with Gasteiger partial charge in [-0.1, -0.05) is 18.2 Å². The standard InChI is InChI=1S/C24H26O8/c1-26-20-5-3-2-4-18(20)19-16-17-6-7-21-23(22(17)32-24(19)25)31-15-13-29-11-9-27-8-10-28-12-14-30-21/h2-7,16H,8-15H2,1H3. The Morgan fingerprint density at radius 1 is 0.750 bits per heavy atom. The van der Waals surface area contributed by atoms with Gasteiger partial charge in [0, 0.05) is 10.9 Å². The summed E-state index contributed by atoms with van der Waals surface area (Å²) in [5.41, 5.74) is 0.891. The summed E-state index contributed by atoms with van der Waals surface area (Å²) >= 11 is 0. The first-order chi connectivity index (χ1) is 15.8. The van der Waals surface area contributed by atoms with Crippen molar-refractivity contribution in [2.45, 2.75) is 0 Å². The Balaban J connectivity index is 1.69. The van der Waals surface area contributed by atoms with Gasteiger partial charge in [-0.25, -0.2) is 4.79 Å². The van der Waals surface area contributed by atoms with Gasteiger partial charge in [0.05, 0.1) is 52.3 Å². The molecule has 1 aromatic heterocycles. The highest BCUT2D eigenvalue weighted by Crippen LogP contribution is 2.37. The predicted octanol–water partition coefficient (Wildman–Crippen LogP) is 3.29. The van der Waals surface area contributed by atoms with Crippen molar-refractivity contribution in [1.29, 1.82) is 0 Å². The van der Waals surface area contributed by atoms with E-state index in [1.54, 1.807) is 25.3 Å². The largest absolute Gasteiger partial charge is 0.496 e. The first-order valence-electron chi connectivity index (χ1n) is 10.5. The fraction of sp³-hybridized carbons (Fsp3) is 0.375. The maximum atomic E-state index is 12.9. The van der Waals surface area contributed by atoms with Crippen molar-refractivity contribution in [2.24, 2.45) is 0 Å². The SMILES string of the molecule is COc1ccccc1-c1cc2ccc3c(c2oc1=O)OCCOCCOCCOCCO3. The summed E-state index contributed by atoms with van der Waals surface area (Å²) in [4.78, 5) is 12.9. The molecule has 1 aliphatic rings. The summed E-state index contributed by atoms with van der Waals surface area (Å²) in [5, 5.41) is 0.705. The lowest BCUT2D eigenvalue weighted by Gasteiger charge is -2.15. The Hall–Kier alpha value is -3.07. The Labute approximate surface area is 185 Å². The van der Waals surface area contributed by atoms with Crippen molar-refractivity contribution >= 4 is 11.0 Å². The molecule has 0 unspecified atom stereocenters. The summed E-state index contributed by atoms with van der Waals surface area (Å²) in [7, 11) is 1.57. The summed E-state index contributed by atoms with van der Waals surface area (Å²) in [6.07, 6.45) is 0. The second-order valence-corrected chi connectivity index (χ2v) is 6.99. The van der Waals surface area contributed by atoms with Gasteiger partial charge in [0.1, 0.15) is 19.0 Å². The molecule has 0 spiro atoms. The molecule has 3 aromatic rings. The quantitative estimate of drug-likeness (QED) is 0.559. The maximum absolute atomic E-state index is 12.9. The third-order valence-corrected chi connectivity index (χ3v) is 4.92. The lowest BCUT2D eigenvalue weighted by atomic mass is 10.0. The molecule has 0 amide bonds. The van der Waals surface area contributed by atoms with Crippen LogP contribution in [-0.2, 0) is 14.2 Å². The fourth-order valence-corrected chi connectivity index (χ4v) is 3.40. The van der Waals surface area contributed by atoms with E-state index in [1.807, 2.05) is 24.3 Å². The van der Waals surface area contributed by atoms with Crippen molar-refractivity contribution < 1.29 is 32.8 Å². The molecular weight excluding hydrogens is 416 g/mol. The van der Waals surface area contributed by atoms with Gasteiger partial charge in [0.2, 0.25) is 5.75 Å². The molecule has 2 heterocycles. The second-order valence-electron chi connectivity index (χ2n) is 6.99. The van der Waals surface area contributed by atoms with E-state index in [0.717, 1.165) is 0 Å². The van der Waals surface area contributed by atoms with Gasteiger partial charge in [-0.2, -0.15) is 0 Å². The van der Waals surface area contributed by atoms with Gasteiger partial charge in [-0.15, -0.1) is 0 Å². The van der Waals surface area contributed by atoms with Crippen LogP contribution >= 0.6 is 0 Å². The van der Waals surface area contributed by atoms with Crippen LogP contribution in [0.5, 0.6) is 17.2 Å². The minimum atomic E-state index is -0.494. The second kappa shape index (κ2) is 11.0. The molecule has 0 aliphatic carbocycles. The fourth-order valence-electron chi connectivity index (χ4n) is 3.40. The van der Waals surface area contributed by atoms with Gasteiger partial charge in [0.25, 0.3) is 0 Å². The van der Waals surface area contributed by atoms with E-state index in [2.05, 4.69) is 0 Å². The smallest absolute Gasteiger partial charge is 0.344 e. The lowest BCUT2D eigenvalue weighted by molar-refractivity contribution is 0.00709. The number of para-hydroxylation sites is 1. The first-order valence-corrected chi connectivity index (χ1v) is 10.5. The van der Waals surface area contributed by atoms with E-state index < -0.39 is 5.63 Å². The van der Waals surface area contributed by atoms with E-state index in [9.17, 15) is 4.79 Å². The first kappa shape index (κ1) is 22.1. The maximum Gasteiger partial charge on any atom is 0.344 e. The Bertz CT molecular complexity index is 1090. The molecule has 2 aromatic carbocycles. The molecule has 4 rings (SSSR count). The number of ether oxygens (including phenoxy) is 6. The van der Waals surface area contributed by atoms with Gasteiger partial charge in [0.15, 0.2) is 11.3 Å². The van der Waals surface area contributed by atoms with Crippen LogP contribution in [0.15, 0.2) is 51.7 Å². The Morgan fingerprint density at radius 2 is 1.41 bits per heavy atom. The molecule has 0 fully saturated rings. The highest BCUT2D eigenvalue weighted by molar-refractivity contribution is 5.89. The number of hydrogen-bond donors (Lipinski definition) is 0. The zero-order chi connectivity index (χ0) is 22.2. The van der Waals surface area contributed by atoms with Gasteiger partial charge in [-0.05, 0) is 24.3 Å². The topological polar surface area (TPSA) is 85.6 Å². The van der Waals surface area contributed by atoms with Crippen molar-refractivity contribution in [1.82, 2.24) is 0 Å². The van der Waals surface area contributed by atoms with Crippen LogP contribution < -0.4 is 19.8 Å². The summed E-state index contributed by atoms with van der Waals surface area (Å²) < 4.78 is 39.4. The molecular formula is C24H26O8. The average molecular weight is 442 g/mol. The number of methoxy groups -OCH3 is 1. The molecule has 1 aliphatic heterocycles. The predicted molar refractivity (Wildman–Crippen MR) is 118 cm³/mol. The van der Waals surface area contributed by atoms with E-state index >= 15 is 0 Å². The molecule has 0 bridgehead atoms. The molecule has 0 N–H and O–H groups in total. The van der Waals surface area contributed by atoms with Gasteiger partial charge >= 0.3 is 5.63 Å². The number of hydrogen-bond acceptors (Lipinski definition) is 8. The third-order valence-electron chi connectivity index (χ3n) is 4.92. The Kier molecular flexibility index (Phi) is 7.60. The Morgan fingerprint density at radius 3 is 2.12 bits per heavy atom. The molecule has 0 radical (unpaired) electrons. The van der Waals surface area contributed by atoms with E-state index in [-0.39, 0.29) is 6.61 Å². The van der Waals surface area contributed by atoms with Crippen molar-refractivity contribution in [3.63, 3.8) is 0 Å². The van der Waals surface area contributed by atoms with Crippen LogP contribution in [0.2, 0.25) is 0 Å². The highest BCUT2D eigenvalue weighted by atomic mass is 16.6. The summed E-state index contributed by atoms with van der Waals surface area (Å²) in [6.45, 7) is 3.27. The average Bonchev–Trinajstić information content (AvgIpc) is 2.83. The molecule has 0 atom stereocenters. The zero-order valence-electron chi connectivity index (χ0n) is 18.0. The molecule has 0 saturated carbocycles. The normalized spacial score (nSPS) is 16.2. The number of fused-ring (bicyclic) bond motifs is 3. The lowest BCUT2D eigenvalue weighted by Crippen LogP contribution is -2.13. The minimum Gasteiger partial charge on any atom is -0.496 e. The van der Waals surface area contributed by atoms with Crippen LogP contribution in [0.3, 0.4) is 0 Å². The van der Waals surface area contributed by atoms with Crippen LogP contribution in [0.1, 0.15) is 0 Å². The summed E-state index contributed by atoms with van der Waals surface area (Å²) in [5.74, 6) is 1.43. The van der Waals surface area contributed by atoms with Crippen LogP contribution in [0.4, 0.5) is 0 Å². The van der Waals surface area contributed by atoms with Gasteiger partial charge in [-0.3, -0.25) is 0 Å². The molecule has 170 valence electrons. The minimum absolute atomic E-state index is 0.268. The highest BCUT2D eigenvalue weighted by Gasteiger charge is 2.18. The molecule has 8 nitrogen and oxygen atoms in total. The molecule has 32 heavy (non-hydrogen) atoms.